The molecule has 1 unspecified atom stereocenters. The van der Waals surface area contributed by atoms with Crippen molar-refractivity contribution in [1.82, 2.24) is 9.97 Å². The van der Waals surface area contributed by atoms with Crippen LogP contribution in [0.15, 0.2) is 30.5 Å². The minimum absolute atomic E-state index is 0.555. The normalized spacial score (nSPS) is 12.4. The third kappa shape index (κ3) is 4.10. The van der Waals surface area contributed by atoms with E-state index in [1.807, 2.05) is 12.3 Å². The van der Waals surface area contributed by atoms with E-state index in [-0.39, 0.29) is 0 Å². The Morgan fingerprint density at radius 2 is 2.04 bits per heavy atom. The summed E-state index contributed by atoms with van der Waals surface area (Å²) in [6.45, 7) is 7.41. The van der Waals surface area contributed by atoms with Gasteiger partial charge in [-0.25, -0.2) is 9.97 Å². The van der Waals surface area contributed by atoms with Crippen molar-refractivity contribution < 1.29 is 4.74 Å². The van der Waals surface area contributed by atoms with Crippen molar-refractivity contribution in [3.63, 3.8) is 0 Å². The topological polar surface area (TPSA) is 61.0 Å². The van der Waals surface area contributed by atoms with Crippen LogP contribution >= 0.6 is 11.3 Å². The highest BCUT2D eigenvalue weighted by Gasteiger charge is 2.09. The molecule has 1 aromatic carbocycles. The zero-order valence-corrected chi connectivity index (χ0v) is 15.9. The maximum Gasteiger partial charge on any atom is 0.182 e. The predicted molar refractivity (Wildman–Crippen MR) is 106 cm³/mol. The molecule has 2 heterocycles. The predicted octanol–water partition coefficient (Wildman–Crippen LogP) is 5.32. The van der Waals surface area contributed by atoms with Crippen LogP contribution in [0.25, 0.3) is 21.5 Å². The molecule has 0 spiro atoms. The summed E-state index contributed by atoms with van der Waals surface area (Å²) >= 11 is 1.41. The molecule has 0 amide bonds. The van der Waals surface area contributed by atoms with Gasteiger partial charge in [-0.1, -0.05) is 44.6 Å². The van der Waals surface area contributed by atoms with Crippen LogP contribution in [0.1, 0.15) is 39.2 Å². The molecule has 4 nitrogen and oxygen atoms in total. The number of rotatable bonds is 7. The van der Waals surface area contributed by atoms with Gasteiger partial charge in [0.1, 0.15) is 16.1 Å². The van der Waals surface area contributed by atoms with Crippen molar-refractivity contribution in [3.8, 4) is 16.9 Å². The number of anilines is 1. The van der Waals surface area contributed by atoms with E-state index in [1.165, 1.54) is 23.3 Å². The van der Waals surface area contributed by atoms with Crippen LogP contribution in [0.4, 0.5) is 5.13 Å². The third-order valence-electron chi connectivity index (χ3n) is 4.60. The molecule has 132 valence electrons. The van der Waals surface area contributed by atoms with Crippen molar-refractivity contribution in [2.75, 3.05) is 12.3 Å². The Bertz CT molecular complexity index is 859. The minimum atomic E-state index is 0.555. The molecule has 0 saturated carbocycles. The maximum absolute atomic E-state index is 6.02. The Morgan fingerprint density at radius 1 is 1.20 bits per heavy atom. The lowest BCUT2D eigenvalue weighted by atomic mass is 10.0. The molecule has 0 radical (unpaired) electrons. The van der Waals surface area contributed by atoms with Gasteiger partial charge in [0, 0.05) is 11.8 Å². The number of ether oxygens (including phenoxy) is 1. The number of fused-ring (bicyclic) bond motifs is 1. The molecule has 0 aliphatic rings. The summed E-state index contributed by atoms with van der Waals surface area (Å²) in [5.41, 5.74) is 10.0. The highest BCUT2D eigenvalue weighted by Crippen LogP contribution is 2.30. The summed E-state index contributed by atoms with van der Waals surface area (Å²) in [5, 5.41) is 0.555. The average molecular weight is 356 g/mol. The molecule has 2 N–H and O–H groups in total. The van der Waals surface area contributed by atoms with E-state index < -0.39 is 0 Å². The summed E-state index contributed by atoms with van der Waals surface area (Å²) in [5.74, 6) is 1.69. The molecular formula is C20H25N3OS. The van der Waals surface area contributed by atoms with E-state index in [4.69, 9.17) is 10.5 Å². The Hall–Kier alpha value is -2.14. The third-order valence-corrected chi connectivity index (χ3v) is 5.41. The molecular weight excluding hydrogens is 330 g/mol. The van der Waals surface area contributed by atoms with E-state index in [0.29, 0.717) is 11.0 Å². The summed E-state index contributed by atoms with van der Waals surface area (Å²) in [6.07, 6.45) is 5.11. The Labute approximate surface area is 153 Å². The number of aryl methyl sites for hydroxylation is 1. The quantitative estimate of drug-likeness (QED) is 0.623. The minimum Gasteiger partial charge on any atom is -0.493 e. The number of hydrogen-bond donors (Lipinski definition) is 1. The van der Waals surface area contributed by atoms with Crippen molar-refractivity contribution in [2.45, 2.75) is 40.0 Å². The molecule has 3 rings (SSSR count). The van der Waals surface area contributed by atoms with Crippen LogP contribution in [-0.2, 0) is 6.42 Å². The summed E-state index contributed by atoms with van der Waals surface area (Å²) < 4.78 is 6.02. The van der Waals surface area contributed by atoms with E-state index in [9.17, 15) is 0 Å². The summed E-state index contributed by atoms with van der Waals surface area (Å²) in [7, 11) is 0. The van der Waals surface area contributed by atoms with E-state index in [2.05, 4.69) is 48.9 Å². The van der Waals surface area contributed by atoms with Gasteiger partial charge in [-0.05, 0) is 48.1 Å². The fraction of sp³-hybridized carbons (Fsp3) is 0.400. The number of aromatic nitrogens is 2. The van der Waals surface area contributed by atoms with Crippen LogP contribution in [0, 0.1) is 5.92 Å². The number of thiazole rings is 1. The second kappa shape index (κ2) is 7.83. The van der Waals surface area contributed by atoms with Gasteiger partial charge in [0.2, 0.25) is 0 Å². The number of benzene rings is 1. The fourth-order valence-corrected chi connectivity index (χ4v) is 3.40. The second-order valence-corrected chi connectivity index (χ2v) is 7.44. The van der Waals surface area contributed by atoms with Crippen molar-refractivity contribution in [2.24, 2.45) is 5.92 Å². The lowest BCUT2D eigenvalue weighted by Gasteiger charge is -2.14. The zero-order chi connectivity index (χ0) is 17.8. The SMILES string of the molecule is CCc1cc(-c2cnc3sc(N)nc3c2)ccc1OCCC(C)CC. The maximum atomic E-state index is 6.02. The number of nitrogens with two attached hydrogens (primary N) is 1. The van der Waals surface area contributed by atoms with Gasteiger partial charge in [0.25, 0.3) is 0 Å². The second-order valence-electron chi connectivity index (χ2n) is 6.43. The molecule has 0 bridgehead atoms. The zero-order valence-electron chi connectivity index (χ0n) is 15.1. The molecule has 0 saturated heterocycles. The van der Waals surface area contributed by atoms with Gasteiger partial charge < -0.3 is 10.5 Å². The van der Waals surface area contributed by atoms with Crippen LogP contribution in [0.5, 0.6) is 5.75 Å². The molecule has 0 aliphatic heterocycles. The molecule has 1 atom stereocenters. The largest absolute Gasteiger partial charge is 0.493 e. The monoisotopic (exact) mass is 355 g/mol. The van der Waals surface area contributed by atoms with Crippen molar-refractivity contribution in [1.29, 1.82) is 0 Å². The first-order chi connectivity index (χ1) is 12.1. The smallest absolute Gasteiger partial charge is 0.182 e. The molecule has 25 heavy (non-hydrogen) atoms. The Kier molecular flexibility index (Phi) is 5.53. The van der Waals surface area contributed by atoms with E-state index in [1.54, 1.807) is 0 Å². The Balaban J connectivity index is 1.82. The van der Waals surface area contributed by atoms with Crippen molar-refractivity contribution >= 4 is 26.8 Å². The summed E-state index contributed by atoms with van der Waals surface area (Å²) in [4.78, 5) is 9.69. The van der Waals surface area contributed by atoms with Gasteiger partial charge >= 0.3 is 0 Å². The first kappa shape index (κ1) is 17.7. The molecule has 5 heteroatoms. The molecule has 2 aromatic heterocycles. The van der Waals surface area contributed by atoms with Gasteiger partial charge in [-0.15, -0.1) is 0 Å². The van der Waals surface area contributed by atoms with Gasteiger partial charge in [0.15, 0.2) is 5.13 Å². The first-order valence-electron chi connectivity index (χ1n) is 8.88. The summed E-state index contributed by atoms with van der Waals surface area (Å²) in [6, 6.07) is 8.41. The van der Waals surface area contributed by atoms with Gasteiger partial charge in [-0.2, -0.15) is 0 Å². The highest BCUT2D eigenvalue weighted by molar-refractivity contribution is 7.21. The Morgan fingerprint density at radius 3 is 2.80 bits per heavy atom. The highest BCUT2D eigenvalue weighted by atomic mass is 32.1. The van der Waals surface area contributed by atoms with Crippen LogP contribution in [0.2, 0.25) is 0 Å². The van der Waals surface area contributed by atoms with Gasteiger partial charge in [0.05, 0.1) is 6.61 Å². The number of pyridine rings is 1. The molecule has 0 aliphatic carbocycles. The lowest BCUT2D eigenvalue weighted by Crippen LogP contribution is -2.04. The molecule has 3 aromatic rings. The van der Waals surface area contributed by atoms with Crippen LogP contribution in [-0.4, -0.2) is 16.6 Å². The number of nitrogens with zero attached hydrogens (tertiary/aromatic N) is 2. The van der Waals surface area contributed by atoms with E-state index in [0.717, 1.165) is 46.7 Å². The number of hydrogen-bond acceptors (Lipinski definition) is 5. The average Bonchev–Trinajstić information content (AvgIpc) is 3.00. The van der Waals surface area contributed by atoms with Gasteiger partial charge in [-0.3, -0.25) is 0 Å². The van der Waals surface area contributed by atoms with Crippen LogP contribution < -0.4 is 10.5 Å². The molecule has 0 fully saturated rings. The van der Waals surface area contributed by atoms with Crippen LogP contribution in [0.3, 0.4) is 0 Å². The van der Waals surface area contributed by atoms with Crippen molar-refractivity contribution in [3.05, 3.63) is 36.0 Å². The number of nitrogen functional groups attached to an aromatic ring is 1. The standard InChI is InChI=1S/C20H25N3OS/c1-4-13(3)8-9-24-18-7-6-15(10-14(18)5-2)16-11-17-19(22-12-16)25-20(21)23-17/h6-7,10-13H,4-5,8-9H2,1-3H3,(H2,21,23). The van der Waals surface area contributed by atoms with E-state index >= 15 is 0 Å². The first-order valence-corrected chi connectivity index (χ1v) is 9.70. The fourth-order valence-electron chi connectivity index (χ4n) is 2.75. The lowest BCUT2D eigenvalue weighted by molar-refractivity contribution is 0.279.